The smallest absolute Gasteiger partial charge is 0.283 e. The number of rotatable bonds is 16. The molecular weight excluding hydrogens is 661 g/mol. The van der Waals surface area contributed by atoms with Gasteiger partial charge in [0, 0.05) is 0 Å². The Bertz CT molecular complexity index is 1090. The van der Waals surface area contributed by atoms with Gasteiger partial charge in [0.1, 0.15) is 12.2 Å². The Hall–Kier alpha value is 0.250. The van der Waals surface area contributed by atoms with Crippen molar-refractivity contribution in [2.45, 2.75) is 131 Å². The Balaban J connectivity index is 1.58. The van der Waals surface area contributed by atoms with Crippen molar-refractivity contribution in [3.05, 3.63) is 0 Å². The van der Waals surface area contributed by atoms with E-state index < -0.39 is 34.1 Å². The highest BCUT2D eigenvalue weighted by molar-refractivity contribution is 7.90. The molecule has 4 aliphatic rings. The van der Waals surface area contributed by atoms with E-state index in [1.807, 2.05) is 0 Å². The second-order valence-electron chi connectivity index (χ2n) is 16.1. The van der Waals surface area contributed by atoms with Gasteiger partial charge in [0.05, 0.1) is 6.10 Å². The topological polar surface area (TPSA) is 159 Å². The molecule has 0 spiro atoms. The first-order valence-corrected chi connectivity index (χ1v) is 19.5. The molecule has 3 N–H and O–H groups in total. The summed E-state index contributed by atoms with van der Waals surface area (Å²) < 4.78 is 60.3. The van der Waals surface area contributed by atoms with Crippen molar-refractivity contribution in [2.75, 3.05) is 0 Å². The van der Waals surface area contributed by atoms with E-state index in [2.05, 4.69) is 74.1 Å². The fourth-order valence-electron chi connectivity index (χ4n) is 10.5. The average Bonchev–Trinajstić information content (AvgIpc) is 3.33. The predicted molar refractivity (Wildman–Crippen MR) is 173 cm³/mol. The van der Waals surface area contributed by atoms with Gasteiger partial charge < -0.3 is 0 Å². The lowest BCUT2D eigenvalue weighted by Gasteiger charge is -2.63. The highest BCUT2D eigenvalue weighted by atomic mass is 32.3. The van der Waals surface area contributed by atoms with Gasteiger partial charge in [-0.1, -0.05) is 71.9 Å². The first kappa shape index (κ1) is 39.0. The molecule has 0 saturated heterocycles. The third kappa shape index (κ3) is 8.24. The van der Waals surface area contributed by atoms with E-state index in [9.17, 15) is 13.0 Å². The summed E-state index contributed by atoms with van der Waals surface area (Å²) in [6.45, 7) is 18.9. The second-order valence-corrected chi connectivity index (χ2v) is 18.1. The molecule has 0 aromatic carbocycles. The van der Waals surface area contributed by atoms with Gasteiger partial charge in [0.2, 0.25) is 0 Å². The highest BCUT2D eigenvalue weighted by Gasteiger charge is 2.64. The van der Waals surface area contributed by atoms with Crippen LogP contribution in [0.3, 0.4) is 0 Å². The zero-order valence-corrected chi connectivity index (χ0v) is 30.9. The lowest BCUT2D eigenvalue weighted by Crippen LogP contribution is -2.61. The maximum atomic E-state index is 12.2. The Kier molecular flexibility index (Phi) is 13.3. The number of hydrogen-bond donors (Lipinski definition) is 3. The summed E-state index contributed by atoms with van der Waals surface area (Å²) in [5.74, 6) is 3.05. The molecule has 0 aliphatic heterocycles. The van der Waals surface area contributed by atoms with Crippen LogP contribution >= 0.6 is 24.6 Å². The summed E-state index contributed by atoms with van der Waals surface area (Å²) in [6.07, 6.45) is 6.09. The lowest BCUT2D eigenvalue weighted by molar-refractivity contribution is -0.435. The average molecular weight is 717 g/mol. The summed E-state index contributed by atoms with van der Waals surface area (Å²) in [5.41, 5.74) is 0.000909. The minimum Gasteiger partial charge on any atom is -0.283 e. The van der Waals surface area contributed by atoms with E-state index in [4.69, 9.17) is 23.1 Å². The van der Waals surface area contributed by atoms with Crippen molar-refractivity contribution in [1.82, 2.24) is 0 Å². The van der Waals surface area contributed by atoms with Crippen LogP contribution in [0, 0.1) is 63.6 Å². The van der Waals surface area contributed by atoms with Gasteiger partial charge in [-0.2, -0.15) is 8.42 Å². The molecule has 15 heteroatoms. The van der Waals surface area contributed by atoms with Crippen LogP contribution in [-0.2, 0) is 41.7 Å². The van der Waals surface area contributed by atoms with Crippen LogP contribution in [-0.4, -0.2) is 41.8 Å². The zero-order valence-electron chi connectivity index (χ0n) is 28.5. The minimum absolute atomic E-state index is 0.139. The van der Waals surface area contributed by atoms with Crippen molar-refractivity contribution >= 4 is 35.0 Å². The Morgan fingerprint density at radius 1 is 0.826 bits per heavy atom. The molecule has 0 radical (unpaired) electrons. The first-order valence-electron chi connectivity index (χ1n) is 16.8. The fourth-order valence-corrected chi connectivity index (χ4v) is 11.7. The van der Waals surface area contributed by atoms with E-state index >= 15 is 0 Å². The van der Waals surface area contributed by atoms with Gasteiger partial charge in [-0.15, -0.1) is 8.67 Å². The fraction of sp³-hybridized carbons (Fsp3) is 1.00. The SMILES string of the molecule is CC(CCC(C)C(C)(C)C(C)C)[C@H]1CCC2C3CC(OS(=O)(=O)O)C4CC(OSOOO)[C@@H](OSOOO)C[C@]4(C)C3CC[C@@]21C. The van der Waals surface area contributed by atoms with Crippen LogP contribution in [0.2, 0.25) is 0 Å². The van der Waals surface area contributed by atoms with Gasteiger partial charge >= 0.3 is 10.4 Å². The molecule has 12 atom stereocenters. The van der Waals surface area contributed by atoms with Crippen LogP contribution in [0.4, 0.5) is 0 Å². The van der Waals surface area contributed by atoms with Gasteiger partial charge in [-0.3, -0.25) is 12.9 Å². The number of hydrogen-bond acceptors (Lipinski definition) is 13. The van der Waals surface area contributed by atoms with Crippen molar-refractivity contribution in [1.29, 1.82) is 0 Å². The molecule has 0 bridgehead atoms. The molecule has 4 rings (SSSR count). The van der Waals surface area contributed by atoms with Gasteiger partial charge in [-0.25, -0.2) is 14.7 Å². The minimum atomic E-state index is -4.73. The quantitative estimate of drug-likeness (QED) is 0.0458. The Labute approximate surface area is 284 Å². The van der Waals surface area contributed by atoms with Gasteiger partial charge in [0.25, 0.3) is 0 Å². The van der Waals surface area contributed by atoms with Crippen molar-refractivity contribution in [2.24, 2.45) is 63.6 Å². The monoisotopic (exact) mass is 716 g/mol. The van der Waals surface area contributed by atoms with E-state index in [1.165, 1.54) is 19.3 Å². The third-order valence-corrected chi connectivity index (χ3v) is 15.3. The van der Waals surface area contributed by atoms with Crippen molar-refractivity contribution < 1.29 is 54.8 Å². The molecule has 4 saturated carbocycles. The van der Waals surface area contributed by atoms with Crippen molar-refractivity contribution in [3.63, 3.8) is 0 Å². The van der Waals surface area contributed by atoms with Crippen LogP contribution in [0.1, 0.15) is 113 Å². The maximum absolute atomic E-state index is 12.2. The van der Waals surface area contributed by atoms with Crippen LogP contribution in [0.15, 0.2) is 0 Å². The maximum Gasteiger partial charge on any atom is 0.397 e. The zero-order chi connectivity index (χ0) is 34.1. The molecule has 0 aromatic rings. The molecule has 4 aliphatic carbocycles. The van der Waals surface area contributed by atoms with Crippen LogP contribution in [0.25, 0.3) is 0 Å². The summed E-state index contributed by atoms with van der Waals surface area (Å²) in [4.78, 5) is 0. The predicted octanol–water partition coefficient (Wildman–Crippen LogP) is 8.53. The summed E-state index contributed by atoms with van der Waals surface area (Å²) >= 11 is 0.868. The third-order valence-electron chi connectivity index (χ3n) is 13.9. The summed E-state index contributed by atoms with van der Waals surface area (Å²) in [7, 11) is -4.73. The van der Waals surface area contributed by atoms with Gasteiger partial charge in [0.15, 0.2) is 24.6 Å². The standard InChI is InChI=1S/C31H56O12S3/c1-18(2)29(5,6)20(4)10-9-19(3)22-11-12-23-21-15-26(39-46(34,35)36)25-16-27(37-44-42-40-32)28(38-45-43-41-33)17-31(25,8)24(21)13-14-30(22,23)7/h18-28,32-33H,9-17H2,1-8H3,(H,34,35,36)/t19?,20?,21?,22-,23?,24?,25?,26?,27?,28+,30-,31-/m1/s1. The molecule has 8 unspecified atom stereocenters. The second kappa shape index (κ2) is 15.6. The van der Waals surface area contributed by atoms with Crippen LogP contribution in [0.5, 0.6) is 0 Å². The highest BCUT2D eigenvalue weighted by Crippen LogP contribution is 2.69. The normalized spacial score (nSPS) is 39.5. The molecule has 4 fully saturated rings. The largest absolute Gasteiger partial charge is 0.397 e. The molecular formula is C31H56O12S3. The van der Waals surface area contributed by atoms with Gasteiger partial charge in [-0.05, 0) is 115 Å². The van der Waals surface area contributed by atoms with Crippen molar-refractivity contribution in [3.8, 4) is 0 Å². The molecule has 0 amide bonds. The summed E-state index contributed by atoms with van der Waals surface area (Å²) in [6, 6.07) is 0. The van der Waals surface area contributed by atoms with E-state index in [0.717, 1.165) is 19.3 Å². The molecule has 46 heavy (non-hydrogen) atoms. The molecule has 0 aromatic heterocycles. The van der Waals surface area contributed by atoms with Crippen LogP contribution < -0.4 is 0 Å². The lowest BCUT2D eigenvalue weighted by atomic mass is 9.43. The van der Waals surface area contributed by atoms with E-state index in [-0.39, 0.29) is 28.6 Å². The van der Waals surface area contributed by atoms with E-state index in [1.54, 1.807) is 0 Å². The Morgan fingerprint density at radius 3 is 2.02 bits per heavy atom. The molecule has 12 nitrogen and oxygen atoms in total. The van der Waals surface area contributed by atoms with E-state index in [0.29, 0.717) is 73.5 Å². The Morgan fingerprint density at radius 2 is 1.43 bits per heavy atom. The molecule has 0 heterocycles. The first-order chi connectivity index (χ1) is 21.5. The summed E-state index contributed by atoms with van der Waals surface area (Å²) in [5, 5.41) is 24.6. The molecule has 270 valence electrons. The number of fused-ring (bicyclic) bond motifs is 5.